The Morgan fingerprint density at radius 2 is 1.53 bits per heavy atom. The average Bonchev–Trinajstić information content (AvgIpc) is 2.16. The van der Waals surface area contributed by atoms with Crippen molar-refractivity contribution in [2.24, 2.45) is 17.8 Å². The lowest BCUT2D eigenvalue weighted by atomic mass is 9.51. The second-order valence-corrected chi connectivity index (χ2v) is 5.70. The standard InChI is InChI=1S/C12H20O3/c1-14-12(15-2)9-3-8-4-10(12)7-11(13,5-8)6-9/h8-10,13H,3-7H2,1-2H3. The predicted molar refractivity (Wildman–Crippen MR) is 55.3 cm³/mol. The van der Waals surface area contributed by atoms with Crippen molar-refractivity contribution in [3.63, 3.8) is 0 Å². The van der Waals surface area contributed by atoms with Gasteiger partial charge in [0.15, 0.2) is 5.79 Å². The summed E-state index contributed by atoms with van der Waals surface area (Å²) in [5, 5.41) is 10.4. The maximum Gasteiger partial charge on any atom is 0.173 e. The van der Waals surface area contributed by atoms with Gasteiger partial charge >= 0.3 is 0 Å². The maximum atomic E-state index is 10.4. The fraction of sp³-hybridized carbons (Fsp3) is 1.00. The van der Waals surface area contributed by atoms with Gasteiger partial charge in [-0.15, -0.1) is 0 Å². The topological polar surface area (TPSA) is 38.7 Å². The Balaban J connectivity index is 1.96. The average molecular weight is 212 g/mol. The SMILES string of the molecule is COC1(OC)C2CC3CC1CC(O)(C3)C2. The second-order valence-electron chi connectivity index (χ2n) is 5.70. The van der Waals surface area contributed by atoms with E-state index in [0.29, 0.717) is 17.8 Å². The molecule has 2 unspecified atom stereocenters. The molecule has 0 radical (unpaired) electrons. The van der Waals surface area contributed by atoms with E-state index in [0.717, 1.165) is 19.3 Å². The van der Waals surface area contributed by atoms with Gasteiger partial charge in [-0.25, -0.2) is 0 Å². The van der Waals surface area contributed by atoms with E-state index in [2.05, 4.69) is 0 Å². The molecule has 2 atom stereocenters. The molecule has 0 aliphatic heterocycles. The summed E-state index contributed by atoms with van der Waals surface area (Å²) in [5.74, 6) is 1.09. The van der Waals surface area contributed by atoms with Gasteiger partial charge in [0.2, 0.25) is 0 Å². The molecule has 4 rings (SSSR count). The molecule has 0 aromatic rings. The van der Waals surface area contributed by atoms with Crippen LogP contribution in [-0.2, 0) is 9.47 Å². The monoisotopic (exact) mass is 212 g/mol. The van der Waals surface area contributed by atoms with Gasteiger partial charge in [-0.1, -0.05) is 0 Å². The van der Waals surface area contributed by atoms with Crippen molar-refractivity contribution in [1.29, 1.82) is 0 Å². The zero-order valence-electron chi connectivity index (χ0n) is 9.53. The van der Waals surface area contributed by atoms with Gasteiger partial charge in [0.1, 0.15) is 0 Å². The van der Waals surface area contributed by atoms with Gasteiger partial charge in [0.25, 0.3) is 0 Å². The lowest BCUT2D eigenvalue weighted by Gasteiger charge is -2.62. The first-order valence-electron chi connectivity index (χ1n) is 5.94. The fourth-order valence-electron chi connectivity index (χ4n) is 4.64. The highest BCUT2D eigenvalue weighted by Crippen LogP contribution is 2.61. The summed E-state index contributed by atoms with van der Waals surface area (Å²) in [7, 11) is 3.49. The molecule has 1 N–H and O–H groups in total. The van der Waals surface area contributed by atoms with E-state index in [1.165, 1.54) is 12.8 Å². The van der Waals surface area contributed by atoms with E-state index < -0.39 is 11.4 Å². The molecule has 4 aliphatic carbocycles. The van der Waals surface area contributed by atoms with Crippen LogP contribution in [0.15, 0.2) is 0 Å². The number of hydrogen-bond acceptors (Lipinski definition) is 3. The molecule has 4 saturated carbocycles. The third-order valence-corrected chi connectivity index (χ3v) is 4.93. The Kier molecular flexibility index (Phi) is 1.99. The molecule has 15 heavy (non-hydrogen) atoms. The van der Waals surface area contributed by atoms with Crippen molar-refractivity contribution in [2.75, 3.05) is 14.2 Å². The highest BCUT2D eigenvalue weighted by molar-refractivity contribution is 5.09. The van der Waals surface area contributed by atoms with E-state index in [1.54, 1.807) is 14.2 Å². The zero-order chi connectivity index (χ0) is 10.7. The van der Waals surface area contributed by atoms with Crippen LogP contribution in [0.1, 0.15) is 32.1 Å². The molecule has 86 valence electrons. The molecule has 0 aromatic heterocycles. The molecule has 0 amide bonds. The van der Waals surface area contributed by atoms with Crippen molar-refractivity contribution in [1.82, 2.24) is 0 Å². The second kappa shape index (κ2) is 2.96. The van der Waals surface area contributed by atoms with Gasteiger partial charge < -0.3 is 14.6 Å². The molecule has 4 bridgehead atoms. The Hall–Kier alpha value is -0.120. The van der Waals surface area contributed by atoms with Crippen LogP contribution < -0.4 is 0 Å². The molecule has 4 aliphatic rings. The van der Waals surface area contributed by atoms with Gasteiger partial charge in [-0.2, -0.15) is 0 Å². The quantitative estimate of drug-likeness (QED) is 0.706. The zero-order valence-corrected chi connectivity index (χ0v) is 9.53. The molecule has 0 spiro atoms. The van der Waals surface area contributed by atoms with Gasteiger partial charge in [0.05, 0.1) is 5.60 Å². The maximum absolute atomic E-state index is 10.4. The van der Waals surface area contributed by atoms with Crippen LogP contribution in [0.3, 0.4) is 0 Å². The first kappa shape index (κ1) is 10.1. The third-order valence-electron chi connectivity index (χ3n) is 4.93. The van der Waals surface area contributed by atoms with Crippen molar-refractivity contribution in [3.05, 3.63) is 0 Å². The lowest BCUT2D eigenvalue weighted by Crippen LogP contribution is -2.64. The summed E-state index contributed by atoms with van der Waals surface area (Å²) >= 11 is 0. The number of methoxy groups -OCH3 is 2. The van der Waals surface area contributed by atoms with Gasteiger partial charge in [0, 0.05) is 26.1 Å². The molecule has 0 heterocycles. The summed E-state index contributed by atoms with van der Waals surface area (Å²) in [4.78, 5) is 0. The first-order valence-corrected chi connectivity index (χ1v) is 5.94. The van der Waals surface area contributed by atoms with Crippen molar-refractivity contribution < 1.29 is 14.6 Å². The van der Waals surface area contributed by atoms with Crippen LogP contribution in [0, 0.1) is 17.8 Å². The molecule has 0 aromatic carbocycles. The summed E-state index contributed by atoms with van der Waals surface area (Å²) in [5.41, 5.74) is -0.406. The van der Waals surface area contributed by atoms with Crippen LogP contribution in [0.5, 0.6) is 0 Å². The number of hydrogen-bond donors (Lipinski definition) is 1. The Morgan fingerprint density at radius 1 is 1.00 bits per heavy atom. The Bertz CT molecular complexity index is 254. The highest BCUT2D eigenvalue weighted by Gasteiger charge is 2.62. The normalized spacial score (nSPS) is 51.0. The Labute approximate surface area is 90.8 Å². The van der Waals surface area contributed by atoms with Crippen LogP contribution in [-0.4, -0.2) is 30.7 Å². The largest absolute Gasteiger partial charge is 0.390 e. The van der Waals surface area contributed by atoms with Gasteiger partial charge in [-0.05, 0) is 38.0 Å². The first-order chi connectivity index (χ1) is 7.12. The van der Waals surface area contributed by atoms with E-state index in [1.807, 2.05) is 0 Å². The minimum atomic E-state index is -0.406. The van der Waals surface area contributed by atoms with E-state index in [4.69, 9.17) is 9.47 Å². The fourth-order valence-corrected chi connectivity index (χ4v) is 4.64. The predicted octanol–water partition coefficient (Wildman–Crippen LogP) is 1.55. The Morgan fingerprint density at radius 3 is 1.93 bits per heavy atom. The van der Waals surface area contributed by atoms with Crippen LogP contribution in [0.2, 0.25) is 0 Å². The minimum Gasteiger partial charge on any atom is -0.390 e. The summed E-state index contributed by atoms with van der Waals surface area (Å²) in [6.07, 6.45) is 5.06. The minimum absolute atomic E-state index is 0.392. The molecule has 3 nitrogen and oxygen atoms in total. The third kappa shape index (κ3) is 1.17. The lowest BCUT2D eigenvalue weighted by molar-refractivity contribution is -0.338. The molecule has 4 fully saturated rings. The van der Waals surface area contributed by atoms with Crippen molar-refractivity contribution in [2.45, 2.75) is 43.5 Å². The van der Waals surface area contributed by atoms with Crippen LogP contribution >= 0.6 is 0 Å². The van der Waals surface area contributed by atoms with Crippen LogP contribution in [0.25, 0.3) is 0 Å². The van der Waals surface area contributed by atoms with Gasteiger partial charge in [-0.3, -0.25) is 0 Å². The van der Waals surface area contributed by atoms with Crippen molar-refractivity contribution >= 4 is 0 Å². The van der Waals surface area contributed by atoms with E-state index >= 15 is 0 Å². The molecular formula is C12H20O3. The highest BCUT2D eigenvalue weighted by atomic mass is 16.7. The molecule has 3 heteroatoms. The smallest absolute Gasteiger partial charge is 0.173 e. The van der Waals surface area contributed by atoms with Crippen molar-refractivity contribution in [3.8, 4) is 0 Å². The summed E-state index contributed by atoms with van der Waals surface area (Å²) in [6, 6.07) is 0. The van der Waals surface area contributed by atoms with E-state index in [-0.39, 0.29) is 0 Å². The summed E-state index contributed by atoms with van der Waals surface area (Å²) in [6.45, 7) is 0. The molecular weight excluding hydrogens is 192 g/mol. The van der Waals surface area contributed by atoms with Crippen LogP contribution in [0.4, 0.5) is 0 Å². The summed E-state index contributed by atoms with van der Waals surface area (Å²) < 4.78 is 11.4. The molecule has 0 saturated heterocycles. The number of ether oxygens (including phenoxy) is 2. The van der Waals surface area contributed by atoms with E-state index in [9.17, 15) is 5.11 Å². The number of aliphatic hydroxyl groups is 1. The number of rotatable bonds is 2.